The average Bonchev–Trinajstić information content (AvgIpc) is 3.05. The van der Waals surface area contributed by atoms with Crippen LogP contribution < -0.4 is 10.2 Å². The topological polar surface area (TPSA) is 90.0 Å². The summed E-state index contributed by atoms with van der Waals surface area (Å²) in [5.74, 6) is -0.0919. The van der Waals surface area contributed by atoms with E-state index in [2.05, 4.69) is 17.1 Å². The summed E-state index contributed by atoms with van der Waals surface area (Å²) in [6.45, 7) is 5.62. The van der Waals surface area contributed by atoms with Crippen molar-refractivity contribution in [3.8, 4) is 0 Å². The van der Waals surface area contributed by atoms with Gasteiger partial charge in [-0.1, -0.05) is 44.9 Å². The number of unbranched alkanes of at least 4 members (excludes halogenated alkanes) is 2. The number of sulfonamides is 1. The van der Waals surface area contributed by atoms with Gasteiger partial charge in [-0.2, -0.15) is 0 Å². The lowest BCUT2D eigenvalue weighted by molar-refractivity contribution is -0.137. The van der Waals surface area contributed by atoms with Crippen LogP contribution in [0.3, 0.4) is 0 Å². The Balaban J connectivity index is 1.77. The summed E-state index contributed by atoms with van der Waals surface area (Å²) >= 11 is 0. The van der Waals surface area contributed by atoms with Crippen LogP contribution in [0.1, 0.15) is 52.4 Å². The Kier molecular flexibility index (Phi) is 8.16. The quantitative estimate of drug-likeness (QED) is 0.536. The van der Waals surface area contributed by atoms with Crippen molar-refractivity contribution in [1.82, 2.24) is 14.5 Å². The SMILES string of the molecule is CCCCNC(=O)CN1CN(c2ccccc2)C2(CCN(S(=O)(=O)CCCC)CC2)C1=O. The number of nitrogens with zero attached hydrogens (tertiary/aromatic N) is 3. The first-order chi connectivity index (χ1) is 15.3. The largest absolute Gasteiger partial charge is 0.355 e. The second kappa shape index (κ2) is 10.7. The predicted molar refractivity (Wildman–Crippen MR) is 126 cm³/mol. The van der Waals surface area contributed by atoms with E-state index in [1.807, 2.05) is 37.3 Å². The molecule has 32 heavy (non-hydrogen) atoms. The van der Waals surface area contributed by atoms with Gasteiger partial charge in [0.15, 0.2) is 0 Å². The molecule has 9 heteroatoms. The summed E-state index contributed by atoms with van der Waals surface area (Å²) in [6.07, 6.45) is 4.19. The summed E-state index contributed by atoms with van der Waals surface area (Å²) in [6, 6.07) is 9.71. The van der Waals surface area contributed by atoms with Crippen molar-refractivity contribution < 1.29 is 18.0 Å². The molecular formula is C23H36N4O4S. The Morgan fingerprint density at radius 2 is 1.72 bits per heavy atom. The van der Waals surface area contributed by atoms with Gasteiger partial charge in [-0.05, 0) is 37.8 Å². The average molecular weight is 465 g/mol. The maximum Gasteiger partial charge on any atom is 0.250 e. The van der Waals surface area contributed by atoms with Crippen LogP contribution in [0.25, 0.3) is 0 Å². The highest BCUT2D eigenvalue weighted by molar-refractivity contribution is 7.89. The zero-order valence-electron chi connectivity index (χ0n) is 19.3. The van der Waals surface area contributed by atoms with Gasteiger partial charge in [-0.25, -0.2) is 12.7 Å². The van der Waals surface area contributed by atoms with E-state index in [0.717, 1.165) is 24.9 Å². The molecule has 178 valence electrons. The Morgan fingerprint density at radius 1 is 1.06 bits per heavy atom. The summed E-state index contributed by atoms with van der Waals surface area (Å²) in [4.78, 5) is 29.7. The first-order valence-corrected chi connectivity index (χ1v) is 13.3. The van der Waals surface area contributed by atoms with Crippen molar-refractivity contribution >= 4 is 27.5 Å². The summed E-state index contributed by atoms with van der Waals surface area (Å²) in [5, 5.41) is 2.88. The molecule has 3 rings (SSSR count). The third kappa shape index (κ3) is 5.26. The van der Waals surface area contributed by atoms with Crippen LogP contribution in [-0.4, -0.2) is 73.6 Å². The molecule has 1 spiro atoms. The molecule has 1 aromatic rings. The number of piperidine rings is 1. The predicted octanol–water partition coefficient (Wildman–Crippen LogP) is 2.17. The fourth-order valence-corrected chi connectivity index (χ4v) is 6.20. The van der Waals surface area contributed by atoms with Crippen molar-refractivity contribution in [2.75, 3.05) is 43.5 Å². The second-order valence-electron chi connectivity index (χ2n) is 8.71. The highest BCUT2D eigenvalue weighted by Gasteiger charge is 2.54. The lowest BCUT2D eigenvalue weighted by Gasteiger charge is -2.42. The fourth-order valence-electron chi connectivity index (χ4n) is 4.55. The van der Waals surface area contributed by atoms with Gasteiger partial charge in [-0.3, -0.25) is 9.59 Å². The lowest BCUT2D eigenvalue weighted by atomic mass is 9.86. The molecule has 2 aliphatic rings. The Morgan fingerprint density at radius 3 is 2.34 bits per heavy atom. The molecule has 2 fully saturated rings. The number of hydrogen-bond acceptors (Lipinski definition) is 5. The zero-order valence-corrected chi connectivity index (χ0v) is 20.1. The van der Waals surface area contributed by atoms with E-state index < -0.39 is 15.6 Å². The fraction of sp³-hybridized carbons (Fsp3) is 0.652. The molecule has 0 aromatic heterocycles. The molecule has 0 aliphatic carbocycles. The van der Waals surface area contributed by atoms with Crippen LogP contribution in [-0.2, 0) is 19.6 Å². The molecule has 0 radical (unpaired) electrons. The first-order valence-electron chi connectivity index (χ1n) is 11.7. The van der Waals surface area contributed by atoms with Crippen molar-refractivity contribution in [2.24, 2.45) is 0 Å². The summed E-state index contributed by atoms with van der Waals surface area (Å²) < 4.78 is 26.9. The molecule has 0 unspecified atom stereocenters. The second-order valence-corrected chi connectivity index (χ2v) is 10.8. The van der Waals surface area contributed by atoms with E-state index in [0.29, 0.717) is 45.6 Å². The van der Waals surface area contributed by atoms with Crippen LogP contribution in [0.15, 0.2) is 30.3 Å². The summed E-state index contributed by atoms with van der Waals surface area (Å²) in [5.41, 5.74) is 0.0963. The smallest absolute Gasteiger partial charge is 0.250 e. The van der Waals surface area contributed by atoms with Gasteiger partial charge in [0.05, 0.1) is 12.4 Å². The van der Waals surface area contributed by atoms with Crippen LogP contribution in [0.5, 0.6) is 0 Å². The highest BCUT2D eigenvalue weighted by Crippen LogP contribution is 2.39. The number of benzene rings is 1. The van der Waals surface area contributed by atoms with Crippen molar-refractivity contribution in [1.29, 1.82) is 0 Å². The van der Waals surface area contributed by atoms with Gasteiger partial charge >= 0.3 is 0 Å². The number of anilines is 1. The van der Waals surface area contributed by atoms with Crippen LogP contribution in [0.4, 0.5) is 5.69 Å². The molecule has 0 bridgehead atoms. The number of nitrogens with one attached hydrogen (secondary N) is 1. The Labute approximate surface area is 192 Å². The molecule has 2 aliphatic heterocycles. The number of amides is 2. The van der Waals surface area contributed by atoms with Crippen LogP contribution in [0, 0.1) is 0 Å². The minimum Gasteiger partial charge on any atom is -0.355 e. The Bertz CT molecular complexity index is 883. The van der Waals surface area contributed by atoms with Crippen molar-refractivity contribution in [3.05, 3.63) is 30.3 Å². The minimum atomic E-state index is -3.31. The molecule has 1 aromatic carbocycles. The van der Waals surface area contributed by atoms with Gasteiger partial charge in [0, 0.05) is 25.3 Å². The van der Waals surface area contributed by atoms with Crippen molar-refractivity contribution in [3.63, 3.8) is 0 Å². The Hall–Kier alpha value is -2.13. The summed E-state index contributed by atoms with van der Waals surface area (Å²) in [7, 11) is -3.31. The van der Waals surface area contributed by atoms with Crippen molar-refractivity contribution in [2.45, 2.75) is 57.9 Å². The molecule has 2 saturated heterocycles. The highest BCUT2D eigenvalue weighted by atomic mass is 32.2. The first kappa shape index (κ1) is 24.5. The van der Waals surface area contributed by atoms with E-state index in [-0.39, 0.29) is 24.1 Å². The third-order valence-electron chi connectivity index (χ3n) is 6.47. The lowest BCUT2D eigenvalue weighted by Crippen LogP contribution is -2.57. The van der Waals surface area contributed by atoms with Gasteiger partial charge in [0.1, 0.15) is 12.1 Å². The third-order valence-corrected chi connectivity index (χ3v) is 8.42. The minimum absolute atomic E-state index is 0.0200. The monoisotopic (exact) mass is 464 g/mol. The molecule has 0 atom stereocenters. The van der Waals surface area contributed by atoms with Gasteiger partial charge < -0.3 is 15.1 Å². The van der Waals surface area contributed by atoms with Crippen LogP contribution in [0.2, 0.25) is 0 Å². The van der Waals surface area contributed by atoms with Gasteiger partial charge in [0.25, 0.3) is 0 Å². The van der Waals surface area contributed by atoms with Crippen LogP contribution >= 0.6 is 0 Å². The van der Waals surface area contributed by atoms with E-state index >= 15 is 0 Å². The number of para-hydroxylation sites is 1. The number of rotatable bonds is 10. The number of hydrogen-bond donors (Lipinski definition) is 1. The maximum absolute atomic E-state index is 13.6. The van der Waals surface area contributed by atoms with E-state index in [4.69, 9.17) is 0 Å². The molecule has 8 nitrogen and oxygen atoms in total. The normalized spacial score (nSPS) is 19.0. The number of carbonyl (C=O) groups is 2. The van der Waals surface area contributed by atoms with E-state index in [1.54, 1.807) is 4.90 Å². The van der Waals surface area contributed by atoms with E-state index in [9.17, 15) is 18.0 Å². The molecular weight excluding hydrogens is 428 g/mol. The molecule has 2 amide bonds. The molecule has 0 saturated carbocycles. The molecule has 1 N–H and O–H groups in total. The molecule has 2 heterocycles. The van der Waals surface area contributed by atoms with Gasteiger partial charge in [0.2, 0.25) is 21.8 Å². The maximum atomic E-state index is 13.6. The zero-order chi connectivity index (χ0) is 23.2. The standard InChI is InChI=1S/C23H36N4O4S/c1-3-5-14-24-21(28)18-25-19-27(20-10-8-7-9-11-20)23(22(25)29)12-15-26(16-13-23)32(30,31)17-6-4-2/h7-11H,3-6,12-19H2,1-2H3,(H,24,28). The van der Waals surface area contributed by atoms with E-state index in [1.165, 1.54) is 4.31 Å². The van der Waals surface area contributed by atoms with Gasteiger partial charge in [-0.15, -0.1) is 0 Å². The number of carbonyl (C=O) groups excluding carboxylic acids is 2.